The number of hydrogen-bond donors (Lipinski definition) is 1. The summed E-state index contributed by atoms with van der Waals surface area (Å²) in [7, 11) is 5.44. The molecule has 1 aromatic rings. The molecule has 1 rings (SSSR count). The highest BCUT2D eigenvalue weighted by Gasteiger charge is 2.10. The van der Waals surface area contributed by atoms with Gasteiger partial charge in [0.05, 0.1) is 7.11 Å². The van der Waals surface area contributed by atoms with Crippen LogP contribution in [0.4, 0.5) is 0 Å². The largest absolute Gasteiger partial charge is 0.496 e. The van der Waals surface area contributed by atoms with Crippen LogP contribution in [0.15, 0.2) is 18.2 Å². The Kier molecular flexibility index (Phi) is 6.01. The van der Waals surface area contributed by atoms with Crippen LogP contribution in [-0.4, -0.2) is 27.9 Å². The van der Waals surface area contributed by atoms with E-state index in [0.29, 0.717) is 6.04 Å². The maximum Gasteiger partial charge on any atom is 0.121 e. The van der Waals surface area contributed by atoms with Gasteiger partial charge in [0.25, 0.3) is 0 Å². The third kappa shape index (κ3) is 4.02. The summed E-state index contributed by atoms with van der Waals surface area (Å²) >= 11 is 0. The molecular weight excluding hydrogens is 214 g/mol. The molecule has 0 amide bonds. The zero-order chi connectivity index (χ0) is 12.7. The van der Waals surface area contributed by atoms with Crippen molar-refractivity contribution in [1.29, 1.82) is 0 Å². The normalized spacial score (nSPS) is 12.5. The molecule has 0 radical (unpaired) electrons. The van der Waals surface area contributed by atoms with Crippen LogP contribution in [0, 0.1) is 6.92 Å². The van der Waals surface area contributed by atoms with Crippen molar-refractivity contribution in [1.82, 2.24) is 5.32 Å². The molecule has 1 N–H and O–H groups in total. The second-order valence-corrected chi connectivity index (χ2v) is 4.21. The van der Waals surface area contributed by atoms with E-state index in [1.165, 1.54) is 11.1 Å². The highest BCUT2D eigenvalue weighted by Crippen LogP contribution is 2.24. The summed E-state index contributed by atoms with van der Waals surface area (Å²) in [5.41, 5.74) is 2.49. The number of aryl methyl sites for hydroxylation is 1. The van der Waals surface area contributed by atoms with Gasteiger partial charge in [0.15, 0.2) is 0 Å². The lowest BCUT2D eigenvalue weighted by Crippen LogP contribution is -2.17. The SMILES string of the molecule is CNC(CCCOC)c1ccc(OC)c(C)c1. The molecule has 0 bridgehead atoms. The maximum absolute atomic E-state index is 5.27. The Balaban J connectivity index is 2.71. The summed E-state index contributed by atoms with van der Waals surface area (Å²) in [6.45, 7) is 2.89. The van der Waals surface area contributed by atoms with Crippen molar-refractivity contribution in [2.45, 2.75) is 25.8 Å². The summed E-state index contributed by atoms with van der Waals surface area (Å²) in [6.07, 6.45) is 2.14. The molecule has 0 aromatic heterocycles. The van der Waals surface area contributed by atoms with Gasteiger partial charge in [0, 0.05) is 19.8 Å². The van der Waals surface area contributed by atoms with Crippen molar-refractivity contribution in [2.75, 3.05) is 27.9 Å². The first kappa shape index (κ1) is 14.0. The van der Waals surface area contributed by atoms with E-state index in [1.54, 1.807) is 14.2 Å². The van der Waals surface area contributed by atoms with Crippen LogP contribution < -0.4 is 10.1 Å². The van der Waals surface area contributed by atoms with E-state index >= 15 is 0 Å². The van der Waals surface area contributed by atoms with Crippen LogP contribution in [0.2, 0.25) is 0 Å². The van der Waals surface area contributed by atoms with Gasteiger partial charge in [-0.05, 0) is 44.0 Å². The van der Waals surface area contributed by atoms with Crippen molar-refractivity contribution in [2.24, 2.45) is 0 Å². The van der Waals surface area contributed by atoms with Gasteiger partial charge in [-0.2, -0.15) is 0 Å². The van der Waals surface area contributed by atoms with Crippen LogP contribution >= 0.6 is 0 Å². The smallest absolute Gasteiger partial charge is 0.121 e. The molecule has 3 nitrogen and oxygen atoms in total. The third-order valence-corrected chi connectivity index (χ3v) is 3.01. The number of methoxy groups -OCH3 is 2. The first-order valence-electron chi connectivity index (χ1n) is 6.03. The van der Waals surface area contributed by atoms with E-state index in [1.807, 2.05) is 13.1 Å². The molecular formula is C14H23NO2. The molecule has 0 heterocycles. The molecule has 0 saturated heterocycles. The fourth-order valence-electron chi connectivity index (χ4n) is 2.03. The minimum Gasteiger partial charge on any atom is -0.496 e. The average molecular weight is 237 g/mol. The average Bonchev–Trinajstić information content (AvgIpc) is 2.35. The van der Waals surface area contributed by atoms with E-state index in [-0.39, 0.29) is 0 Å². The molecule has 17 heavy (non-hydrogen) atoms. The first-order valence-corrected chi connectivity index (χ1v) is 6.03. The van der Waals surface area contributed by atoms with Gasteiger partial charge in [-0.3, -0.25) is 0 Å². The summed E-state index contributed by atoms with van der Waals surface area (Å²) < 4.78 is 10.4. The Labute approximate surface area is 104 Å². The summed E-state index contributed by atoms with van der Waals surface area (Å²) in [5.74, 6) is 0.945. The molecule has 1 unspecified atom stereocenters. The first-order chi connectivity index (χ1) is 8.22. The minimum atomic E-state index is 0.384. The van der Waals surface area contributed by atoms with Crippen molar-refractivity contribution in [3.05, 3.63) is 29.3 Å². The van der Waals surface area contributed by atoms with Crippen molar-refractivity contribution in [3.8, 4) is 5.75 Å². The molecule has 96 valence electrons. The standard InChI is InChI=1S/C14H23NO2/c1-11-10-12(7-8-14(11)17-4)13(15-2)6-5-9-16-3/h7-8,10,13,15H,5-6,9H2,1-4H3. The number of benzene rings is 1. The number of rotatable bonds is 7. The lowest BCUT2D eigenvalue weighted by Gasteiger charge is -2.18. The third-order valence-electron chi connectivity index (χ3n) is 3.01. The van der Waals surface area contributed by atoms with Crippen molar-refractivity contribution >= 4 is 0 Å². The Bertz CT molecular complexity index is 339. The summed E-state index contributed by atoms with van der Waals surface area (Å²) in [6, 6.07) is 6.73. The Hall–Kier alpha value is -1.06. The van der Waals surface area contributed by atoms with Crippen LogP contribution in [-0.2, 0) is 4.74 Å². The lowest BCUT2D eigenvalue weighted by molar-refractivity contribution is 0.189. The molecule has 1 atom stereocenters. The van der Waals surface area contributed by atoms with E-state index in [9.17, 15) is 0 Å². The van der Waals surface area contributed by atoms with Gasteiger partial charge >= 0.3 is 0 Å². The zero-order valence-corrected chi connectivity index (χ0v) is 11.2. The number of hydrogen-bond acceptors (Lipinski definition) is 3. The van der Waals surface area contributed by atoms with E-state index in [2.05, 4.69) is 24.4 Å². The zero-order valence-electron chi connectivity index (χ0n) is 11.2. The highest BCUT2D eigenvalue weighted by atomic mass is 16.5. The fraction of sp³-hybridized carbons (Fsp3) is 0.571. The van der Waals surface area contributed by atoms with Crippen molar-refractivity contribution < 1.29 is 9.47 Å². The van der Waals surface area contributed by atoms with Gasteiger partial charge in [-0.15, -0.1) is 0 Å². The predicted molar refractivity (Wildman–Crippen MR) is 70.6 cm³/mol. The predicted octanol–water partition coefficient (Wildman–Crippen LogP) is 2.69. The van der Waals surface area contributed by atoms with Crippen LogP contribution in [0.25, 0.3) is 0 Å². The van der Waals surface area contributed by atoms with Gasteiger partial charge < -0.3 is 14.8 Å². The van der Waals surface area contributed by atoms with E-state index in [0.717, 1.165) is 25.2 Å². The summed E-state index contributed by atoms with van der Waals surface area (Å²) in [4.78, 5) is 0. The second-order valence-electron chi connectivity index (χ2n) is 4.21. The lowest BCUT2D eigenvalue weighted by atomic mass is 10.00. The van der Waals surface area contributed by atoms with E-state index < -0.39 is 0 Å². The topological polar surface area (TPSA) is 30.5 Å². The maximum atomic E-state index is 5.27. The Morgan fingerprint density at radius 1 is 1.29 bits per heavy atom. The number of ether oxygens (including phenoxy) is 2. The quantitative estimate of drug-likeness (QED) is 0.740. The van der Waals surface area contributed by atoms with Crippen LogP contribution in [0.3, 0.4) is 0 Å². The fourth-order valence-corrected chi connectivity index (χ4v) is 2.03. The molecule has 1 aromatic carbocycles. The van der Waals surface area contributed by atoms with Crippen LogP contribution in [0.1, 0.15) is 30.0 Å². The molecule has 0 aliphatic rings. The van der Waals surface area contributed by atoms with Gasteiger partial charge in [0.1, 0.15) is 5.75 Å². The highest BCUT2D eigenvalue weighted by molar-refractivity contribution is 5.37. The second kappa shape index (κ2) is 7.30. The summed E-state index contributed by atoms with van der Waals surface area (Å²) in [5, 5.41) is 3.35. The Morgan fingerprint density at radius 2 is 2.06 bits per heavy atom. The van der Waals surface area contributed by atoms with Crippen molar-refractivity contribution in [3.63, 3.8) is 0 Å². The van der Waals surface area contributed by atoms with Gasteiger partial charge in [-0.25, -0.2) is 0 Å². The monoisotopic (exact) mass is 237 g/mol. The molecule has 0 aliphatic heterocycles. The van der Waals surface area contributed by atoms with Gasteiger partial charge in [-0.1, -0.05) is 12.1 Å². The number of nitrogens with one attached hydrogen (secondary N) is 1. The molecule has 0 aliphatic carbocycles. The van der Waals surface area contributed by atoms with Gasteiger partial charge in [0.2, 0.25) is 0 Å². The molecule has 3 heteroatoms. The molecule has 0 saturated carbocycles. The van der Waals surface area contributed by atoms with E-state index in [4.69, 9.17) is 9.47 Å². The molecule has 0 spiro atoms. The molecule has 0 fully saturated rings. The Morgan fingerprint density at radius 3 is 2.59 bits per heavy atom. The van der Waals surface area contributed by atoms with Crippen LogP contribution in [0.5, 0.6) is 5.75 Å². The minimum absolute atomic E-state index is 0.384.